The van der Waals surface area contributed by atoms with Gasteiger partial charge in [-0.15, -0.1) is 0 Å². The zero-order chi connectivity index (χ0) is 40.5. The summed E-state index contributed by atoms with van der Waals surface area (Å²) in [6.45, 7) is 6.85. The molecule has 3 heterocycles. The van der Waals surface area contributed by atoms with Gasteiger partial charge in [-0.3, -0.25) is 0 Å². The van der Waals surface area contributed by atoms with E-state index in [0.29, 0.717) is 12.3 Å². The van der Waals surface area contributed by atoms with Gasteiger partial charge < -0.3 is 79.1 Å². The molecule has 3 saturated carbocycles. The quantitative estimate of drug-likeness (QED) is 0.128. The molecule has 9 N–H and O–H groups in total. The van der Waals surface area contributed by atoms with E-state index >= 15 is 0 Å². The van der Waals surface area contributed by atoms with Gasteiger partial charge in [0.1, 0.15) is 54.9 Å². The van der Waals surface area contributed by atoms with E-state index in [4.69, 9.17) is 33.2 Å². The third-order valence-corrected chi connectivity index (χ3v) is 15.4. The second-order valence-corrected chi connectivity index (χ2v) is 18.2. The monoisotopic (exact) mass is 802 g/mol. The Morgan fingerprint density at radius 1 is 0.786 bits per heavy atom. The van der Waals surface area contributed by atoms with E-state index in [-0.39, 0.29) is 28.8 Å². The van der Waals surface area contributed by atoms with E-state index in [1.165, 1.54) is 12.7 Å². The molecule has 56 heavy (non-hydrogen) atoms. The molecule has 22 atom stereocenters. The predicted octanol–water partition coefficient (Wildman–Crippen LogP) is -0.394. The molecule has 3 saturated heterocycles. The average molecular weight is 803 g/mol. The van der Waals surface area contributed by atoms with Crippen molar-refractivity contribution >= 4 is 0 Å². The van der Waals surface area contributed by atoms with Crippen molar-refractivity contribution in [3.63, 3.8) is 0 Å². The summed E-state index contributed by atoms with van der Waals surface area (Å²) in [5, 5.41) is 95.6. The number of hydrogen-bond acceptors (Lipinski definition) is 16. The molecule has 7 aliphatic rings. The van der Waals surface area contributed by atoms with Crippen molar-refractivity contribution in [2.24, 2.45) is 28.6 Å². The Morgan fingerprint density at radius 2 is 1.45 bits per heavy atom. The third-order valence-electron chi connectivity index (χ3n) is 15.4. The van der Waals surface area contributed by atoms with Gasteiger partial charge in [0.15, 0.2) is 18.9 Å². The number of methoxy groups -OCH3 is 1. The van der Waals surface area contributed by atoms with Gasteiger partial charge in [0.25, 0.3) is 0 Å². The Hall–Kier alpha value is -0.900. The van der Waals surface area contributed by atoms with Crippen LogP contribution in [0.3, 0.4) is 0 Å². The Balaban J connectivity index is 0.956. The van der Waals surface area contributed by atoms with Crippen molar-refractivity contribution in [2.75, 3.05) is 20.3 Å². The summed E-state index contributed by atoms with van der Waals surface area (Å²) in [6.07, 6.45) is -9.06. The van der Waals surface area contributed by atoms with Crippen LogP contribution >= 0.6 is 0 Å². The summed E-state index contributed by atoms with van der Waals surface area (Å²) in [7, 11) is 1.54. The van der Waals surface area contributed by atoms with Gasteiger partial charge in [0, 0.05) is 18.9 Å². The van der Waals surface area contributed by atoms with Crippen molar-refractivity contribution in [1.82, 2.24) is 0 Å². The molecule has 0 spiro atoms. The van der Waals surface area contributed by atoms with Crippen LogP contribution in [0.25, 0.3) is 0 Å². The maximum absolute atomic E-state index is 12.3. The Morgan fingerprint density at radius 3 is 2.11 bits per heavy atom. The van der Waals surface area contributed by atoms with Crippen LogP contribution in [-0.2, 0) is 33.2 Å². The first kappa shape index (κ1) is 43.2. The molecule has 0 aromatic carbocycles. The lowest BCUT2D eigenvalue weighted by Gasteiger charge is -2.61. The highest BCUT2D eigenvalue weighted by Crippen LogP contribution is 2.68. The minimum Gasteiger partial charge on any atom is -0.394 e. The summed E-state index contributed by atoms with van der Waals surface area (Å²) in [5.41, 5.74) is 0.285. The first-order valence-electron chi connectivity index (χ1n) is 20.7. The molecule has 16 heteroatoms. The van der Waals surface area contributed by atoms with Crippen LogP contribution in [-0.4, -0.2) is 170 Å². The third kappa shape index (κ3) is 7.24. The number of hydrogen-bond donors (Lipinski definition) is 9. The lowest BCUT2D eigenvalue weighted by atomic mass is 9.45. The number of aliphatic hydroxyl groups is 9. The Bertz CT molecular complexity index is 1380. The average Bonchev–Trinajstić information content (AvgIpc) is 3.46. The summed E-state index contributed by atoms with van der Waals surface area (Å²) < 4.78 is 41.9. The van der Waals surface area contributed by atoms with Crippen LogP contribution in [0.2, 0.25) is 0 Å². The molecule has 0 aromatic rings. The fourth-order valence-electron chi connectivity index (χ4n) is 12.1. The molecule has 0 radical (unpaired) electrons. The lowest BCUT2D eigenvalue weighted by Crippen LogP contribution is -2.65. The lowest BCUT2D eigenvalue weighted by molar-refractivity contribution is -0.373. The molecule has 0 amide bonds. The highest BCUT2D eigenvalue weighted by molar-refractivity contribution is 5.28. The fraction of sp³-hybridized carbons (Fsp3) is 0.950. The SMILES string of the molecule is CO[C@H]1C[C@H](O[C@H]2CC[C@@]3(C)C(=CC[C@@H]4[C@@H]3CC[C@]3(C)[C@@H]([C@@H](C)O)CC[C@@]43O)C2)O[C@H](C)[C@H]1O[C@@H]1O[C@H](CO)[C@@H](O[C@@H]2O[C@H](CO)[C@@H](O)[C@H](O)[C@H]2O)[C@H](O)[C@H]1O. The van der Waals surface area contributed by atoms with Crippen LogP contribution in [0.4, 0.5) is 0 Å². The van der Waals surface area contributed by atoms with Crippen molar-refractivity contribution in [2.45, 2.75) is 189 Å². The molecule has 3 aliphatic heterocycles. The molecule has 322 valence electrons. The van der Waals surface area contributed by atoms with Gasteiger partial charge in [-0.2, -0.15) is 0 Å². The number of ether oxygens (including phenoxy) is 7. The van der Waals surface area contributed by atoms with Crippen LogP contribution in [0.5, 0.6) is 0 Å². The minimum absolute atomic E-state index is 0.0336. The minimum atomic E-state index is -1.77. The molecule has 6 fully saturated rings. The summed E-state index contributed by atoms with van der Waals surface area (Å²) in [5.74, 6) is 0.644. The highest BCUT2D eigenvalue weighted by Gasteiger charge is 2.67. The first-order valence-corrected chi connectivity index (χ1v) is 20.7. The molecule has 0 aromatic heterocycles. The van der Waals surface area contributed by atoms with Gasteiger partial charge in [-0.25, -0.2) is 0 Å². The van der Waals surface area contributed by atoms with Crippen molar-refractivity contribution in [1.29, 1.82) is 0 Å². The van der Waals surface area contributed by atoms with E-state index in [1.54, 1.807) is 6.92 Å². The predicted molar refractivity (Wildman–Crippen MR) is 194 cm³/mol. The van der Waals surface area contributed by atoms with Crippen LogP contribution in [0.1, 0.15) is 85.5 Å². The standard InChI is InChI=1S/C40H66O16/c1-18(43)22-10-13-40(49)24-7-6-20-14-21(8-11-38(20,3)23(24)9-12-39(22,40)4)52-28-15-25(50-5)34(19(2)51-28)55-37-33(48)31(46)35(27(17-42)54-37)56-36-32(47)30(45)29(44)26(16-41)53-36/h6,18-19,21-37,41-49H,7-17H2,1-5H3/t18-,19-,21+,22-,23+,24-,25+,26-,27-,28+,29-,30+,31-,32-,33-,34-,35-,36+,37+,38+,39-,40-/m1/s1. The second kappa shape index (κ2) is 16.5. The van der Waals surface area contributed by atoms with Crippen LogP contribution in [0.15, 0.2) is 11.6 Å². The molecular weight excluding hydrogens is 736 g/mol. The zero-order valence-electron chi connectivity index (χ0n) is 33.2. The van der Waals surface area contributed by atoms with E-state index < -0.39 is 111 Å². The first-order chi connectivity index (χ1) is 26.5. The Kier molecular flexibility index (Phi) is 12.7. The zero-order valence-corrected chi connectivity index (χ0v) is 33.2. The molecule has 0 bridgehead atoms. The number of allylic oxidation sites excluding steroid dienone is 1. The van der Waals surface area contributed by atoms with Crippen LogP contribution in [0, 0.1) is 28.6 Å². The summed E-state index contributed by atoms with van der Waals surface area (Å²) in [6, 6.07) is 0. The van der Waals surface area contributed by atoms with E-state index in [1.807, 2.05) is 6.92 Å². The van der Waals surface area contributed by atoms with Crippen LogP contribution < -0.4 is 0 Å². The van der Waals surface area contributed by atoms with Gasteiger partial charge in [0.05, 0.1) is 43.2 Å². The topological polar surface area (TPSA) is 247 Å². The highest BCUT2D eigenvalue weighted by atomic mass is 16.8. The van der Waals surface area contributed by atoms with Crippen molar-refractivity contribution in [3.05, 3.63) is 11.6 Å². The van der Waals surface area contributed by atoms with Gasteiger partial charge in [-0.05, 0) is 88.4 Å². The van der Waals surface area contributed by atoms with E-state index in [9.17, 15) is 46.0 Å². The number of rotatable bonds is 10. The summed E-state index contributed by atoms with van der Waals surface area (Å²) in [4.78, 5) is 0. The fourth-order valence-corrected chi connectivity index (χ4v) is 12.1. The van der Waals surface area contributed by atoms with Gasteiger partial charge in [-0.1, -0.05) is 25.5 Å². The van der Waals surface area contributed by atoms with Crippen molar-refractivity contribution < 1.29 is 79.1 Å². The second-order valence-electron chi connectivity index (χ2n) is 18.2. The molecule has 4 aliphatic carbocycles. The summed E-state index contributed by atoms with van der Waals surface area (Å²) >= 11 is 0. The van der Waals surface area contributed by atoms with Crippen molar-refractivity contribution in [3.8, 4) is 0 Å². The van der Waals surface area contributed by atoms with Gasteiger partial charge in [0.2, 0.25) is 0 Å². The van der Waals surface area contributed by atoms with E-state index in [2.05, 4.69) is 19.9 Å². The Labute approximate surface area is 328 Å². The number of fused-ring (bicyclic) bond motifs is 5. The van der Waals surface area contributed by atoms with E-state index in [0.717, 1.165) is 51.4 Å². The smallest absolute Gasteiger partial charge is 0.187 e. The molecular formula is C40H66O16. The largest absolute Gasteiger partial charge is 0.394 e. The molecule has 0 unspecified atom stereocenters. The number of aliphatic hydroxyl groups excluding tert-OH is 8. The molecule has 16 nitrogen and oxygen atoms in total. The molecule has 7 rings (SSSR count). The normalized spacial score (nSPS) is 54.1. The van der Waals surface area contributed by atoms with Gasteiger partial charge >= 0.3 is 0 Å². The maximum Gasteiger partial charge on any atom is 0.187 e. The maximum atomic E-state index is 12.3.